The first kappa shape index (κ1) is 14.4. The fourth-order valence-corrected chi connectivity index (χ4v) is 3.60. The summed E-state index contributed by atoms with van der Waals surface area (Å²) in [5.41, 5.74) is -0.645. The Labute approximate surface area is 127 Å². The second kappa shape index (κ2) is 5.16. The predicted octanol–water partition coefficient (Wildman–Crippen LogP) is -0.970. The van der Waals surface area contributed by atoms with Crippen molar-refractivity contribution in [1.29, 1.82) is 0 Å². The van der Waals surface area contributed by atoms with E-state index in [1.807, 2.05) is 0 Å². The van der Waals surface area contributed by atoms with Crippen molar-refractivity contribution in [3.05, 3.63) is 0 Å². The van der Waals surface area contributed by atoms with Gasteiger partial charge in [-0.05, 0) is 38.8 Å². The lowest BCUT2D eigenvalue weighted by molar-refractivity contribution is -0.279. The molecule has 0 aromatic carbocycles. The molecule has 122 valence electrons. The van der Waals surface area contributed by atoms with Gasteiger partial charge in [-0.3, -0.25) is 0 Å². The molecule has 0 radical (unpaired) electrons. The Bertz CT molecular complexity index is 440. The molecule has 4 rings (SSSR count). The second-order valence-electron chi connectivity index (χ2n) is 6.47. The molecule has 0 bridgehead atoms. The molecule has 4 heterocycles. The van der Waals surface area contributed by atoms with Crippen LogP contribution in [0.2, 0.25) is 0 Å². The van der Waals surface area contributed by atoms with E-state index in [1.165, 1.54) is 0 Å². The van der Waals surface area contributed by atoms with Crippen LogP contribution in [-0.4, -0.2) is 61.9 Å². The minimum atomic E-state index is -1.03. The van der Waals surface area contributed by atoms with Gasteiger partial charge in [-0.15, -0.1) is 0 Å². The largest absolute Gasteiger partial charge is 0.425 e. The van der Waals surface area contributed by atoms with Crippen molar-refractivity contribution < 1.29 is 28.5 Å². The van der Waals surface area contributed by atoms with E-state index in [4.69, 9.17) is 18.9 Å². The van der Waals surface area contributed by atoms with E-state index in [0.29, 0.717) is 13.2 Å². The van der Waals surface area contributed by atoms with Crippen LogP contribution >= 0.6 is 0 Å². The monoisotopic (exact) mass is 312 g/mol. The van der Waals surface area contributed by atoms with Gasteiger partial charge in [-0.1, -0.05) is 0 Å². The average molecular weight is 312 g/mol. The summed E-state index contributed by atoms with van der Waals surface area (Å²) in [6.07, 6.45) is 2.34. The van der Waals surface area contributed by atoms with E-state index in [1.54, 1.807) is 0 Å². The highest BCUT2D eigenvalue weighted by atomic mass is 16.8. The minimum Gasteiger partial charge on any atom is -0.425 e. The van der Waals surface area contributed by atoms with Gasteiger partial charge in [-0.2, -0.15) is 0 Å². The Morgan fingerprint density at radius 1 is 0.864 bits per heavy atom. The SMILES string of the molecule is O=C(OC1OCC12CCCN2)C(=O)OC1OCC12CCCN2. The zero-order chi connectivity index (χ0) is 15.2. The lowest BCUT2D eigenvalue weighted by atomic mass is 9.93. The Hall–Kier alpha value is -1.22. The van der Waals surface area contributed by atoms with Crippen LogP contribution in [0.15, 0.2) is 0 Å². The quantitative estimate of drug-likeness (QED) is 0.497. The zero-order valence-corrected chi connectivity index (χ0v) is 12.3. The number of carbonyl (C=O) groups is 2. The Morgan fingerprint density at radius 3 is 1.59 bits per heavy atom. The Kier molecular flexibility index (Phi) is 3.37. The molecule has 4 atom stereocenters. The van der Waals surface area contributed by atoms with Gasteiger partial charge >= 0.3 is 11.9 Å². The van der Waals surface area contributed by atoms with Gasteiger partial charge in [0.2, 0.25) is 12.6 Å². The topological polar surface area (TPSA) is 95.1 Å². The third-order valence-electron chi connectivity index (χ3n) is 5.04. The summed E-state index contributed by atoms with van der Waals surface area (Å²) >= 11 is 0. The fourth-order valence-electron chi connectivity index (χ4n) is 3.60. The molecule has 0 aromatic rings. The van der Waals surface area contributed by atoms with Crippen molar-refractivity contribution in [2.75, 3.05) is 26.3 Å². The highest BCUT2D eigenvalue weighted by Crippen LogP contribution is 2.36. The molecular weight excluding hydrogens is 292 g/mol. The van der Waals surface area contributed by atoms with Gasteiger partial charge in [0, 0.05) is 0 Å². The number of rotatable bonds is 2. The molecule has 8 nitrogen and oxygen atoms in total. The molecule has 4 aliphatic rings. The van der Waals surface area contributed by atoms with Gasteiger partial charge in [0.05, 0.1) is 13.2 Å². The van der Waals surface area contributed by atoms with Crippen LogP contribution in [0.5, 0.6) is 0 Å². The normalized spacial score (nSPS) is 42.9. The standard InChI is InChI=1S/C14H20N2O6/c17-9(21-11-13(7-19-11)3-1-5-15-13)10(18)22-12-14(8-20-12)4-2-6-16-14/h11-12,15-16H,1-8H2. The smallest absolute Gasteiger partial charge is 0.419 e. The maximum atomic E-state index is 11.9. The van der Waals surface area contributed by atoms with Crippen molar-refractivity contribution in [2.45, 2.75) is 49.3 Å². The first-order chi connectivity index (χ1) is 10.6. The Balaban J connectivity index is 1.30. The highest BCUT2D eigenvalue weighted by Gasteiger charge is 2.55. The van der Waals surface area contributed by atoms with Gasteiger partial charge in [0.15, 0.2) is 0 Å². The third kappa shape index (κ3) is 2.13. The van der Waals surface area contributed by atoms with Crippen LogP contribution in [0.4, 0.5) is 0 Å². The summed E-state index contributed by atoms with van der Waals surface area (Å²) in [5, 5.41) is 6.56. The van der Waals surface area contributed by atoms with Gasteiger partial charge in [-0.25, -0.2) is 9.59 Å². The van der Waals surface area contributed by atoms with Gasteiger partial charge < -0.3 is 29.6 Å². The summed E-state index contributed by atoms with van der Waals surface area (Å²) in [5.74, 6) is -2.05. The number of carbonyl (C=O) groups excluding carboxylic acids is 2. The molecule has 0 saturated carbocycles. The minimum absolute atomic E-state index is 0.322. The average Bonchev–Trinajstić information content (AvgIpc) is 3.18. The predicted molar refractivity (Wildman–Crippen MR) is 71.6 cm³/mol. The third-order valence-corrected chi connectivity index (χ3v) is 5.04. The summed E-state index contributed by atoms with van der Waals surface area (Å²) < 4.78 is 20.8. The number of hydrogen-bond donors (Lipinski definition) is 2. The van der Waals surface area contributed by atoms with Crippen molar-refractivity contribution in [2.24, 2.45) is 0 Å². The summed E-state index contributed by atoms with van der Waals surface area (Å²) in [7, 11) is 0. The second-order valence-corrected chi connectivity index (χ2v) is 6.47. The van der Waals surface area contributed by atoms with E-state index in [2.05, 4.69) is 10.6 Å². The molecule has 4 saturated heterocycles. The number of esters is 2. The van der Waals surface area contributed by atoms with Crippen LogP contribution in [0.3, 0.4) is 0 Å². The van der Waals surface area contributed by atoms with E-state index in [9.17, 15) is 9.59 Å². The number of nitrogens with one attached hydrogen (secondary N) is 2. The maximum absolute atomic E-state index is 11.9. The lowest BCUT2D eigenvalue weighted by Gasteiger charge is -2.46. The molecule has 0 aliphatic carbocycles. The summed E-state index contributed by atoms with van der Waals surface area (Å²) in [6.45, 7) is 2.73. The lowest BCUT2D eigenvalue weighted by Crippen LogP contribution is -2.67. The van der Waals surface area contributed by atoms with Crippen molar-refractivity contribution in [3.8, 4) is 0 Å². The summed E-state index contributed by atoms with van der Waals surface area (Å²) in [6, 6.07) is 0. The van der Waals surface area contributed by atoms with Crippen molar-refractivity contribution in [3.63, 3.8) is 0 Å². The first-order valence-electron chi connectivity index (χ1n) is 7.79. The zero-order valence-electron chi connectivity index (χ0n) is 12.3. The van der Waals surface area contributed by atoms with E-state index in [0.717, 1.165) is 38.8 Å². The molecule has 0 amide bonds. The highest BCUT2D eigenvalue weighted by molar-refractivity contribution is 6.29. The van der Waals surface area contributed by atoms with Crippen LogP contribution in [0.1, 0.15) is 25.7 Å². The number of ether oxygens (including phenoxy) is 4. The maximum Gasteiger partial charge on any atom is 0.419 e. The molecule has 0 aromatic heterocycles. The van der Waals surface area contributed by atoms with E-state index < -0.39 is 24.5 Å². The molecule has 4 unspecified atom stereocenters. The van der Waals surface area contributed by atoms with Crippen LogP contribution in [0.25, 0.3) is 0 Å². The van der Waals surface area contributed by atoms with E-state index >= 15 is 0 Å². The van der Waals surface area contributed by atoms with Crippen molar-refractivity contribution in [1.82, 2.24) is 10.6 Å². The Morgan fingerprint density at radius 2 is 1.32 bits per heavy atom. The summed E-state index contributed by atoms with van der Waals surface area (Å²) in [4.78, 5) is 23.8. The molecule has 4 aliphatic heterocycles. The first-order valence-corrected chi connectivity index (χ1v) is 7.79. The molecule has 8 heteroatoms. The van der Waals surface area contributed by atoms with Crippen LogP contribution in [-0.2, 0) is 28.5 Å². The molecular formula is C14H20N2O6. The number of hydrogen-bond acceptors (Lipinski definition) is 8. The van der Waals surface area contributed by atoms with Crippen LogP contribution < -0.4 is 10.6 Å². The molecule has 4 fully saturated rings. The molecule has 2 N–H and O–H groups in total. The molecule has 2 spiro atoms. The fraction of sp³-hybridized carbons (Fsp3) is 0.857. The van der Waals surface area contributed by atoms with Crippen molar-refractivity contribution >= 4 is 11.9 Å². The molecule has 22 heavy (non-hydrogen) atoms. The van der Waals surface area contributed by atoms with Gasteiger partial charge in [0.1, 0.15) is 11.1 Å². The van der Waals surface area contributed by atoms with Gasteiger partial charge in [0.25, 0.3) is 0 Å². The van der Waals surface area contributed by atoms with E-state index in [-0.39, 0.29) is 11.1 Å². The van der Waals surface area contributed by atoms with Crippen LogP contribution in [0, 0.1) is 0 Å².